The first-order chi connectivity index (χ1) is 10.1. The van der Waals surface area contributed by atoms with Gasteiger partial charge < -0.3 is 15.2 Å². The van der Waals surface area contributed by atoms with E-state index in [0.29, 0.717) is 18.6 Å². The Balaban J connectivity index is 1.75. The van der Waals surface area contributed by atoms with Crippen LogP contribution in [0.25, 0.3) is 0 Å². The van der Waals surface area contributed by atoms with Crippen molar-refractivity contribution in [3.8, 4) is 5.75 Å². The van der Waals surface area contributed by atoms with E-state index >= 15 is 0 Å². The van der Waals surface area contributed by atoms with Gasteiger partial charge in [0, 0.05) is 0 Å². The van der Waals surface area contributed by atoms with Crippen molar-refractivity contribution in [2.75, 3.05) is 13.2 Å². The van der Waals surface area contributed by atoms with Gasteiger partial charge in [-0.2, -0.15) is 0 Å². The average molecular weight is 292 g/mol. The van der Waals surface area contributed by atoms with E-state index in [1.807, 2.05) is 6.07 Å². The topological polar surface area (TPSA) is 46.1 Å². The smallest absolute Gasteiger partial charge is 0.137 e. The van der Waals surface area contributed by atoms with E-state index in [-0.39, 0.29) is 0 Å². The SMILES string of the molecule is Cc1cc(OC[C@H](O)C[NH2+]C2CCCC2)ccc1C(C)C. The summed E-state index contributed by atoms with van der Waals surface area (Å²) >= 11 is 0. The first-order valence-corrected chi connectivity index (χ1v) is 8.31. The largest absolute Gasteiger partial charge is 0.491 e. The number of quaternary nitrogens is 1. The Morgan fingerprint density at radius 3 is 2.62 bits per heavy atom. The number of rotatable bonds is 7. The molecule has 0 unspecified atom stereocenters. The molecule has 0 amide bonds. The summed E-state index contributed by atoms with van der Waals surface area (Å²) in [6, 6.07) is 6.93. The molecule has 21 heavy (non-hydrogen) atoms. The van der Waals surface area contributed by atoms with Gasteiger partial charge in [0.15, 0.2) is 0 Å². The number of aryl methyl sites for hydroxylation is 1. The molecule has 0 radical (unpaired) electrons. The fourth-order valence-electron chi connectivity index (χ4n) is 3.19. The molecule has 2 rings (SSSR count). The molecule has 1 aliphatic carbocycles. The first kappa shape index (κ1) is 16.3. The molecular weight excluding hydrogens is 262 g/mol. The summed E-state index contributed by atoms with van der Waals surface area (Å²) in [7, 11) is 0. The molecule has 0 bridgehead atoms. The van der Waals surface area contributed by atoms with Gasteiger partial charge in [0.2, 0.25) is 0 Å². The van der Waals surface area contributed by atoms with Gasteiger partial charge in [-0.25, -0.2) is 0 Å². The second kappa shape index (κ2) is 7.81. The molecule has 0 heterocycles. The molecule has 0 spiro atoms. The molecule has 0 saturated heterocycles. The number of aliphatic hydroxyl groups is 1. The van der Waals surface area contributed by atoms with Crippen molar-refractivity contribution in [3.63, 3.8) is 0 Å². The Morgan fingerprint density at radius 2 is 2.00 bits per heavy atom. The van der Waals surface area contributed by atoms with Crippen LogP contribution < -0.4 is 10.1 Å². The highest BCUT2D eigenvalue weighted by molar-refractivity contribution is 5.36. The van der Waals surface area contributed by atoms with E-state index in [0.717, 1.165) is 12.3 Å². The predicted octanol–water partition coefficient (Wildman–Crippen LogP) is 2.36. The van der Waals surface area contributed by atoms with Crippen LogP contribution in [0.1, 0.15) is 56.6 Å². The maximum atomic E-state index is 10.0. The molecule has 0 aromatic heterocycles. The number of hydrogen-bond donors (Lipinski definition) is 2. The monoisotopic (exact) mass is 292 g/mol. The summed E-state index contributed by atoms with van der Waals surface area (Å²) in [4.78, 5) is 0. The molecule has 1 fully saturated rings. The minimum absolute atomic E-state index is 0.379. The Labute approximate surface area is 128 Å². The molecular formula is C18H30NO2+. The first-order valence-electron chi connectivity index (χ1n) is 8.31. The summed E-state index contributed by atoms with van der Waals surface area (Å²) in [5, 5.41) is 12.3. The standard InChI is InChI=1S/C18H29NO2/c1-13(2)18-9-8-17(10-14(18)3)21-12-16(20)11-19-15-6-4-5-7-15/h8-10,13,15-16,19-20H,4-7,11-12H2,1-3H3/p+1/t16-/m1/s1. The van der Waals surface area contributed by atoms with E-state index in [1.165, 1.54) is 36.8 Å². The maximum Gasteiger partial charge on any atom is 0.137 e. The number of hydrogen-bond acceptors (Lipinski definition) is 2. The zero-order valence-electron chi connectivity index (χ0n) is 13.6. The predicted molar refractivity (Wildman–Crippen MR) is 85.8 cm³/mol. The van der Waals surface area contributed by atoms with Gasteiger partial charge in [0.25, 0.3) is 0 Å². The molecule has 1 aromatic rings. The highest BCUT2D eigenvalue weighted by Gasteiger charge is 2.19. The van der Waals surface area contributed by atoms with Gasteiger partial charge in [-0.15, -0.1) is 0 Å². The number of benzene rings is 1. The average Bonchev–Trinajstić information content (AvgIpc) is 2.95. The normalized spacial score (nSPS) is 17.4. The molecule has 1 atom stereocenters. The van der Waals surface area contributed by atoms with Crippen LogP contribution in [0.3, 0.4) is 0 Å². The van der Waals surface area contributed by atoms with E-state index in [2.05, 4.69) is 38.2 Å². The van der Waals surface area contributed by atoms with Crippen LogP contribution in [0.4, 0.5) is 0 Å². The minimum atomic E-state index is -0.393. The van der Waals surface area contributed by atoms with Crippen molar-refractivity contribution in [2.24, 2.45) is 0 Å². The fraction of sp³-hybridized carbons (Fsp3) is 0.667. The number of aliphatic hydroxyl groups excluding tert-OH is 1. The van der Waals surface area contributed by atoms with Crippen LogP contribution >= 0.6 is 0 Å². The third-order valence-electron chi connectivity index (χ3n) is 4.45. The quantitative estimate of drug-likeness (QED) is 0.810. The summed E-state index contributed by atoms with van der Waals surface area (Å²) < 4.78 is 5.73. The second-order valence-electron chi connectivity index (χ2n) is 6.65. The van der Waals surface area contributed by atoms with Crippen molar-refractivity contribution in [1.82, 2.24) is 0 Å². The second-order valence-corrected chi connectivity index (χ2v) is 6.65. The van der Waals surface area contributed by atoms with Gasteiger partial charge in [0.1, 0.15) is 25.0 Å². The Kier molecular flexibility index (Phi) is 6.07. The third-order valence-corrected chi connectivity index (χ3v) is 4.45. The molecule has 1 aromatic carbocycles. The lowest BCUT2D eigenvalue weighted by molar-refractivity contribution is -0.693. The Hall–Kier alpha value is -1.06. The molecule has 3 nitrogen and oxygen atoms in total. The van der Waals surface area contributed by atoms with Gasteiger partial charge >= 0.3 is 0 Å². The molecule has 118 valence electrons. The van der Waals surface area contributed by atoms with Gasteiger partial charge in [-0.1, -0.05) is 19.9 Å². The zero-order chi connectivity index (χ0) is 15.2. The molecule has 0 aliphatic heterocycles. The molecule has 1 saturated carbocycles. The van der Waals surface area contributed by atoms with Gasteiger partial charge in [-0.3, -0.25) is 0 Å². The lowest BCUT2D eigenvalue weighted by Gasteiger charge is -2.16. The minimum Gasteiger partial charge on any atom is -0.491 e. The lowest BCUT2D eigenvalue weighted by Crippen LogP contribution is -2.91. The van der Waals surface area contributed by atoms with Crippen molar-refractivity contribution in [1.29, 1.82) is 0 Å². The van der Waals surface area contributed by atoms with Crippen LogP contribution in [0, 0.1) is 6.92 Å². The third kappa shape index (κ3) is 5.01. The van der Waals surface area contributed by atoms with Crippen LogP contribution in [-0.4, -0.2) is 30.4 Å². The van der Waals surface area contributed by atoms with E-state index in [9.17, 15) is 5.11 Å². The highest BCUT2D eigenvalue weighted by atomic mass is 16.5. The summed E-state index contributed by atoms with van der Waals surface area (Å²) in [5.74, 6) is 1.39. The van der Waals surface area contributed by atoms with Gasteiger partial charge in [0.05, 0.1) is 6.04 Å². The van der Waals surface area contributed by atoms with Crippen molar-refractivity contribution in [2.45, 2.75) is 64.5 Å². The van der Waals surface area contributed by atoms with Crippen molar-refractivity contribution in [3.05, 3.63) is 29.3 Å². The zero-order valence-corrected chi connectivity index (χ0v) is 13.6. The molecule has 3 N–H and O–H groups in total. The fourth-order valence-corrected chi connectivity index (χ4v) is 3.19. The van der Waals surface area contributed by atoms with E-state index < -0.39 is 6.10 Å². The summed E-state index contributed by atoms with van der Waals surface area (Å²) in [5.41, 5.74) is 2.62. The Morgan fingerprint density at radius 1 is 1.29 bits per heavy atom. The summed E-state index contributed by atoms with van der Waals surface area (Å²) in [6.45, 7) is 7.64. The van der Waals surface area contributed by atoms with Crippen LogP contribution in [-0.2, 0) is 0 Å². The lowest BCUT2D eigenvalue weighted by atomic mass is 9.98. The van der Waals surface area contributed by atoms with E-state index in [4.69, 9.17) is 4.74 Å². The maximum absolute atomic E-state index is 10.0. The van der Waals surface area contributed by atoms with Crippen LogP contribution in [0.5, 0.6) is 5.75 Å². The highest BCUT2D eigenvalue weighted by Crippen LogP contribution is 2.23. The number of ether oxygens (including phenoxy) is 1. The molecule has 1 aliphatic rings. The number of nitrogens with two attached hydrogens (primary N) is 1. The van der Waals surface area contributed by atoms with Crippen LogP contribution in [0.2, 0.25) is 0 Å². The van der Waals surface area contributed by atoms with Crippen molar-refractivity contribution >= 4 is 0 Å². The Bertz CT molecular complexity index is 439. The van der Waals surface area contributed by atoms with Crippen LogP contribution in [0.15, 0.2) is 18.2 Å². The van der Waals surface area contributed by atoms with E-state index in [1.54, 1.807) is 0 Å². The molecule has 3 heteroatoms. The summed E-state index contributed by atoms with van der Waals surface area (Å²) in [6.07, 6.45) is 4.88. The van der Waals surface area contributed by atoms with Gasteiger partial charge in [-0.05, 0) is 61.8 Å². The van der Waals surface area contributed by atoms with Crippen molar-refractivity contribution < 1.29 is 15.2 Å².